The van der Waals surface area contributed by atoms with E-state index in [1.165, 1.54) is 19.2 Å². The molecule has 0 spiro atoms. The number of phenols is 2. The van der Waals surface area contributed by atoms with Crippen molar-refractivity contribution in [1.82, 2.24) is 0 Å². The van der Waals surface area contributed by atoms with Crippen LogP contribution in [0.15, 0.2) is 12.1 Å². The summed E-state index contributed by atoms with van der Waals surface area (Å²) in [5.41, 5.74) is 5.87. The largest absolute Gasteiger partial charge is 0.507 e. The Hall–Kier alpha value is -1.42. The van der Waals surface area contributed by atoms with Crippen LogP contribution in [-0.2, 0) is 0 Å². The molecule has 1 aromatic carbocycles. The Morgan fingerprint density at radius 2 is 2.00 bits per heavy atom. The molecule has 0 saturated heterocycles. The SMILES string of the molecule is COc1ccc(O)c([C@@H](C)N)c1O. The van der Waals surface area contributed by atoms with E-state index in [0.29, 0.717) is 11.3 Å². The monoisotopic (exact) mass is 183 g/mol. The van der Waals surface area contributed by atoms with E-state index < -0.39 is 6.04 Å². The second-order valence-electron chi connectivity index (χ2n) is 2.84. The first-order chi connectivity index (χ1) is 6.07. The minimum absolute atomic E-state index is 0.0201. The Balaban J connectivity index is 3.30. The van der Waals surface area contributed by atoms with Crippen molar-refractivity contribution in [3.05, 3.63) is 17.7 Å². The van der Waals surface area contributed by atoms with Gasteiger partial charge in [0, 0.05) is 6.04 Å². The predicted molar refractivity (Wildman–Crippen MR) is 48.9 cm³/mol. The minimum atomic E-state index is -0.435. The maximum Gasteiger partial charge on any atom is 0.166 e. The molecule has 0 unspecified atom stereocenters. The fraction of sp³-hybridized carbons (Fsp3) is 0.333. The molecule has 13 heavy (non-hydrogen) atoms. The molecule has 0 amide bonds. The highest BCUT2D eigenvalue weighted by atomic mass is 16.5. The predicted octanol–water partition coefficient (Wildman–Crippen LogP) is 1.13. The molecule has 4 N–H and O–H groups in total. The van der Waals surface area contributed by atoms with Gasteiger partial charge in [-0.05, 0) is 19.1 Å². The highest BCUT2D eigenvalue weighted by Gasteiger charge is 2.15. The normalized spacial score (nSPS) is 12.5. The average Bonchev–Trinajstić information content (AvgIpc) is 2.04. The molecule has 0 aliphatic heterocycles. The molecule has 1 rings (SSSR count). The first kappa shape index (κ1) is 9.67. The summed E-state index contributed by atoms with van der Waals surface area (Å²) in [6, 6.07) is 2.49. The Labute approximate surface area is 76.6 Å². The average molecular weight is 183 g/mol. The van der Waals surface area contributed by atoms with Crippen LogP contribution in [-0.4, -0.2) is 17.3 Å². The lowest BCUT2D eigenvalue weighted by Crippen LogP contribution is -2.06. The van der Waals surface area contributed by atoms with E-state index in [-0.39, 0.29) is 11.5 Å². The zero-order chi connectivity index (χ0) is 10.0. The number of benzene rings is 1. The first-order valence-corrected chi connectivity index (χ1v) is 3.92. The van der Waals surface area contributed by atoms with E-state index in [1.54, 1.807) is 6.92 Å². The van der Waals surface area contributed by atoms with E-state index in [0.717, 1.165) is 0 Å². The molecule has 0 fully saturated rings. The standard InChI is InChI=1S/C9H13NO3/c1-5(10)8-6(11)3-4-7(13-2)9(8)12/h3-5,11-12H,10H2,1-2H3/t5-/m1/s1. The minimum Gasteiger partial charge on any atom is -0.507 e. The number of nitrogens with two attached hydrogens (primary N) is 1. The lowest BCUT2D eigenvalue weighted by atomic mass is 10.1. The van der Waals surface area contributed by atoms with Crippen molar-refractivity contribution >= 4 is 0 Å². The molecule has 0 radical (unpaired) electrons. The molecule has 72 valence electrons. The smallest absolute Gasteiger partial charge is 0.166 e. The third-order valence-electron chi connectivity index (χ3n) is 1.83. The second kappa shape index (κ2) is 3.53. The van der Waals surface area contributed by atoms with Gasteiger partial charge in [0.25, 0.3) is 0 Å². The molecule has 0 aliphatic rings. The topological polar surface area (TPSA) is 75.7 Å². The molecule has 4 nitrogen and oxygen atoms in total. The molecule has 1 atom stereocenters. The maximum absolute atomic E-state index is 9.58. The van der Waals surface area contributed by atoms with Crippen molar-refractivity contribution in [3.63, 3.8) is 0 Å². The van der Waals surface area contributed by atoms with Crippen molar-refractivity contribution in [3.8, 4) is 17.2 Å². The van der Waals surface area contributed by atoms with Crippen molar-refractivity contribution in [2.45, 2.75) is 13.0 Å². The molecular weight excluding hydrogens is 170 g/mol. The van der Waals surface area contributed by atoms with Crippen LogP contribution in [0.3, 0.4) is 0 Å². The van der Waals surface area contributed by atoms with Gasteiger partial charge in [-0.2, -0.15) is 0 Å². The molecule has 4 heteroatoms. The number of methoxy groups -OCH3 is 1. The maximum atomic E-state index is 9.58. The number of ether oxygens (including phenoxy) is 1. The number of hydrogen-bond donors (Lipinski definition) is 3. The van der Waals surface area contributed by atoms with Crippen LogP contribution in [0, 0.1) is 0 Å². The Kier molecular flexibility index (Phi) is 2.63. The van der Waals surface area contributed by atoms with Crippen LogP contribution in [0.4, 0.5) is 0 Å². The van der Waals surface area contributed by atoms with Crippen LogP contribution < -0.4 is 10.5 Å². The van der Waals surface area contributed by atoms with E-state index in [2.05, 4.69) is 0 Å². The second-order valence-corrected chi connectivity index (χ2v) is 2.84. The quantitative estimate of drug-likeness (QED) is 0.642. The third-order valence-corrected chi connectivity index (χ3v) is 1.83. The molecule has 0 heterocycles. The number of hydrogen-bond acceptors (Lipinski definition) is 4. The summed E-state index contributed by atoms with van der Waals surface area (Å²) in [4.78, 5) is 0. The van der Waals surface area contributed by atoms with Gasteiger partial charge in [-0.15, -0.1) is 0 Å². The zero-order valence-electron chi connectivity index (χ0n) is 7.61. The van der Waals surface area contributed by atoms with Crippen LogP contribution in [0.1, 0.15) is 18.5 Å². The highest BCUT2D eigenvalue weighted by molar-refractivity contribution is 5.53. The Morgan fingerprint density at radius 3 is 2.46 bits per heavy atom. The fourth-order valence-corrected chi connectivity index (χ4v) is 1.19. The molecule has 0 bridgehead atoms. The van der Waals surface area contributed by atoms with Gasteiger partial charge in [-0.3, -0.25) is 0 Å². The van der Waals surface area contributed by atoms with Crippen molar-refractivity contribution in [2.75, 3.05) is 7.11 Å². The van der Waals surface area contributed by atoms with Gasteiger partial charge >= 0.3 is 0 Å². The van der Waals surface area contributed by atoms with Crippen molar-refractivity contribution in [2.24, 2.45) is 5.73 Å². The van der Waals surface area contributed by atoms with E-state index in [9.17, 15) is 10.2 Å². The summed E-state index contributed by atoms with van der Waals surface area (Å²) < 4.78 is 4.87. The van der Waals surface area contributed by atoms with E-state index in [4.69, 9.17) is 10.5 Å². The summed E-state index contributed by atoms with van der Waals surface area (Å²) >= 11 is 0. The lowest BCUT2D eigenvalue weighted by Gasteiger charge is -2.13. The van der Waals surface area contributed by atoms with Gasteiger partial charge in [-0.25, -0.2) is 0 Å². The van der Waals surface area contributed by atoms with Crippen molar-refractivity contribution in [1.29, 1.82) is 0 Å². The van der Waals surface area contributed by atoms with Crippen LogP contribution >= 0.6 is 0 Å². The Bertz CT molecular complexity index is 310. The van der Waals surface area contributed by atoms with Gasteiger partial charge in [0.15, 0.2) is 11.5 Å². The summed E-state index contributed by atoms with van der Waals surface area (Å²) in [6.07, 6.45) is 0. The first-order valence-electron chi connectivity index (χ1n) is 3.92. The summed E-state index contributed by atoms with van der Waals surface area (Å²) in [7, 11) is 1.44. The van der Waals surface area contributed by atoms with Gasteiger partial charge in [0.05, 0.1) is 12.7 Å². The summed E-state index contributed by atoms with van der Waals surface area (Å²) in [6.45, 7) is 1.67. The fourth-order valence-electron chi connectivity index (χ4n) is 1.19. The summed E-state index contributed by atoms with van der Waals surface area (Å²) in [5, 5.41) is 19.0. The number of rotatable bonds is 2. The van der Waals surface area contributed by atoms with Gasteiger partial charge in [-0.1, -0.05) is 0 Å². The van der Waals surface area contributed by atoms with Crippen LogP contribution in [0.25, 0.3) is 0 Å². The highest BCUT2D eigenvalue weighted by Crippen LogP contribution is 2.38. The molecule has 1 aromatic rings. The van der Waals surface area contributed by atoms with Gasteiger partial charge < -0.3 is 20.7 Å². The lowest BCUT2D eigenvalue weighted by molar-refractivity contribution is 0.363. The summed E-state index contributed by atoms with van der Waals surface area (Å²) in [5.74, 6) is 0.191. The molecule has 0 saturated carbocycles. The van der Waals surface area contributed by atoms with Crippen molar-refractivity contribution < 1.29 is 14.9 Å². The van der Waals surface area contributed by atoms with Crippen LogP contribution in [0.2, 0.25) is 0 Å². The molecular formula is C9H13NO3. The zero-order valence-corrected chi connectivity index (χ0v) is 7.61. The molecule has 0 aliphatic carbocycles. The number of phenolic OH excluding ortho intramolecular Hbond substituents is 2. The van der Waals surface area contributed by atoms with Gasteiger partial charge in [0.2, 0.25) is 0 Å². The molecule has 0 aromatic heterocycles. The van der Waals surface area contributed by atoms with Gasteiger partial charge in [0.1, 0.15) is 5.75 Å². The van der Waals surface area contributed by atoms with E-state index >= 15 is 0 Å². The Morgan fingerprint density at radius 1 is 1.38 bits per heavy atom. The third kappa shape index (κ3) is 1.67. The number of aromatic hydroxyl groups is 2. The van der Waals surface area contributed by atoms with E-state index in [1.807, 2.05) is 0 Å². The van der Waals surface area contributed by atoms with Crippen LogP contribution in [0.5, 0.6) is 17.2 Å².